The van der Waals surface area contributed by atoms with E-state index in [1.165, 1.54) is 16.7 Å². The van der Waals surface area contributed by atoms with Gasteiger partial charge in [-0.15, -0.1) is 5.10 Å². The molecule has 23 heavy (non-hydrogen) atoms. The van der Waals surface area contributed by atoms with Gasteiger partial charge in [-0.3, -0.25) is 0 Å². The van der Waals surface area contributed by atoms with Gasteiger partial charge in [-0.2, -0.15) is 10.1 Å². The summed E-state index contributed by atoms with van der Waals surface area (Å²) in [5, 5.41) is 14.5. The molecule has 0 spiro atoms. The SMILES string of the molecule is Cc1ccc(Nc2cnnc(NCc3ccccc3C)n2)cc1. The van der Waals surface area contributed by atoms with Gasteiger partial charge in [-0.25, -0.2) is 0 Å². The van der Waals surface area contributed by atoms with Crippen molar-refractivity contribution in [1.29, 1.82) is 0 Å². The predicted octanol–water partition coefficient (Wildman–Crippen LogP) is 3.84. The predicted molar refractivity (Wildman–Crippen MR) is 92.8 cm³/mol. The fourth-order valence-electron chi connectivity index (χ4n) is 2.21. The highest BCUT2D eigenvalue weighted by Crippen LogP contribution is 2.15. The van der Waals surface area contributed by atoms with E-state index in [-0.39, 0.29) is 0 Å². The number of nitrogens with zero attached hydrogens (tertiary/aromatic N) is 3. The van der Waals surface area contributed by atoms with Crippen molar-refractivity contribution in [2.75, 3.05) is 10.6 Å². The lowest BCUT2D eigenvalue weighted by atomic mass is 10.1. The van der Waals surface area contributed by atoms with Crippen LogP contribution in [-0.2, 0) is 6.54 Å². The van der Waals surface area contributed by atoms with E-state index in [0.717, 1.165) is 5.69 Å². The minimum atomic E-state index is 0.505. The molecule has 0 aliphatic rings. The first-order valence-corrected chi connectivity index (χ1v) is 7.52. The summed E-state index contributed by atoms with van der Waals surface area (Å²) in [4.78, 5) is 4.44. The van der Waals surface area contributed by atoms with Crippen molar-refractivity contribution in [3.8, 4) is 0 Å². The van der Waals surface area contributed by atoms with Crippen LogP contribution in [0.4, 0.5) is 17.5 Å². The van der Waals surface area contributed by atoms with E-state index in [4.69, 9.17) is 0 Å². The number of hydrogen-bond acceptors (Lipinski definition) is 5. The van der Waals surface area contributed by atoms with Gasteiger partial charge in [0.2, 0.25) is 5.95 Å². The van der Waals surface area contributed by atoms with Gasteiger partial charge in [-0.05, 0) is 37.1 Å². The molecule has 5 nitrogen and oxygen atoms in total. The molecule has 5 heteroatoms. The van der Waals surface area contributed by atoms with Crippen molar-refractivity contribution in [3.05, 3.63) is 71.4 Å². The molecule has 2 N–H and O–H groups in total. The van der Waals surface area contributed by atoms with Crippen molar-refractivity contribution in [2.24, 2.45) is 0 Å². The van der Waals surface area contributed by atoms with Gasteiger partial charge in [-0.1, -0.05) is 42.0 Å². The first-order chi connectivity index (χ1) is 11.2. The van der Waals surface area contributed by atoms with Crippen LogP contribution >= 0.6 is 0 Å². The standard InChI is InChI=1S/C18H19N5/c1-13-7-9-16(10-8-13)21-17-12-20-23-18(22-17)19-11-15-6-4-3-5-14(15)2/h3-10,12H,11H2,1-2H3,(H2,19,21,22,23). The summed E-state index contributed by atoms with van der Waals surface area (Å²) in [6, 6.07) is 16.4. The molecule has 116 valence electrons. The summed E-state index contributed by atoms with van der Waals surface area (Å²) in [6.45, 7) is 4.82. The molecule has 2 aromatic carbocycles. The lowest BCUT2D eigenvalue weighted by Gasteiger charge is -2.09. The first kappa shape index (κ1) is 15.0. The zero-order valence-corrected chi connectivity index (χ0v) is 13.2. The van der Waals surface area contributed by atoms with E-state index >= 15 is 0 Å². The number of aryl methyl sites for hydroxylation is 2. The molecule has 0 unspecified atom stereocenters. The second kappa shape index (κ2) is 6.87. The molecule has 1 aromatic heterocycles. The molecule has 0 bridgehead atoms. The summed E-state index contributed by atoms with van der Waals surface area (Å²) < 4.78 is 0. The average molecular weight is 305 g/mol. The molecule has 0 amide bonds. The second-order valence-corrected chi connectivity index (χ2v) is 5.44. The van der Waals surface area contributed by atoms with Crippen molar-refractivity contribution >= 4 is 17.5 Å². The van der Waals surface area contributed by atoms with Gasteiger partial charge < -0.3 is 10.6 Å². The third kappa shape index (κ3) is 4.03. The van der Waals surface area contributed by atoms with Crippen molar-refractivity contribution < 1.29 is 0 Å². The first-order valence-electron chi connectivity index (χ1n) is 7.52. The summed E-state index contributed by atoms with van der Waals surface area (Å²) in [6.07, 6.45) is 1.61. The monoisotopic (exact) mass is 305 g/mol. The Labute approximate surface area is 135 Å². The summed E-state index contributed by atoms with van der Waals surface area (Å²) >= 11 is 0. The molecule has 0 aliphatic carbocycles. The zero-order valence-electron chi connectivity index (χ0n) is 13.2. The Morgan fingerprint density at radius 3 is 2.52 bits per heavy atom. The van der Waals surface area contributed by atoms with Crippen LogP contribution in [0.5, 0.6) is 0 Å². The molecule has 0 fully saturated rings. The Morgan fingerprint density at radius 1 is 0.957 bits per heavy atom. The van der Waals surface area contributed by atoms with Crippen LogP contribution in [0.1, 0.15) is 16.7 Å². The fourth-order valence-corrected chi connectivity index (χ4v) is 2.21. The van der Waals surface area contributed by atoms with E-state index in [1.54, 1.807) is 6.20 Å². The lowest BCUT2D eigenvalue weighted by molar-refractivity contribution is 0.946. The summed E-state index contributed by atoms with van der Waals surface area (Å²) in [7, 11) is 0. The second-order valence-electron chi connectivity index (χ2n) is 5.44. The molecule has 0 saturated carbocycles. The third-order valence-corrected chi connectivity index (χ3v) is 3.58. The van der Waals surface area contributed by atoms with Gasteiger partial charge in [0, 0.05) is 12.2 Å². The molecular weight excluding hydrogens is 286 g/mol. The number of anilines is 3. The molecule has 0 aliphatic heterocycles. The lowest BCUT2D eigenvalue weighted by Crippen LogP contribution is -2.07. The maximum atomic E-state index is 4.44. The van der Waals surface area contributed by atoms with Crippen molar-refractivity contribution in [1.82, 2.24) is 15.2 Å². The smallest absolute Gasteiger partial charge is 0.244 e. The molecular formula is C18H19N5. The topological polar surface area (TPSA) is 62.7 Å². The number of rotatable bonds is 5. The maximum absolute atomic E-state index is 4.44. The van der Waals surface area contributed by atoms with Crippen molar-refractivity contribution in [3.63, 3.8) is 0 Å². The average Bonchev–Trinajstić information content (AvgIpc) is 2.57. The quantitative estimate of drug-likeness (QED) is 0.750. The third-order valence-electron chi connectivity index (χ3n) is 3.58. The molecule has 0 atom stereocenters. The van der Waals surface area contributed by atoms with E-state index in [0.29, 0.717) is 18.3 Å². The molecule has 1 heterocycles. The Bertz CT molecular complexity index is 783. The largest absolute Gasteiger partial charge is 0.349 e. The number of nitrogens with one attached hydrogen (secondary N) is 2. The van der Waals surface area contributed by atoms with Crippen LogP contribution < -0.4 is 10.6 Å². The van der Waals surface area contributed by atoms with E-state index in [1.807, 2.05) is 36.4 Å². The summed E-state index contributed by atoms with van der Waals surface area (Å²) in [5.74, 6) is 1.17. The highest BCUT2D eigenvalue weighted by molar-refractivity contribution is 5.56. The minimum Gasteiger partial charge on any atom is -0.349 e. The molecule has 3 aromatic rings. The van der Waals surface area contributed by atoms with E-state index < -0.39 is 0 Å². The maximum Gasteiger partial charge on any atom is 0.244 e. The van der Waals surface area contributed by atoms with E-state index in [2.05, 4.69) is 51.8 Å². The minimum absolute atomic E-state index is 0.505. The zero-order chi connectivity index (χ0) is 16.1. The number of benzene rings is 2. The van der Waals surface area contributed by atoms with Crippen LogP contribution in [0.25, 0.3) is 0 Å². The van der Waals surface area contributed by atoms with Crippen LogP contribution in [0.3, 0.4) is 0 Å². The number of hydrogen-bond donors (Lipinski definition) is 2. The summed E-state index contributed by atoms with van der Waals surface area (Å²) in [5.41, 5.74) is 4.65. The van der Waals surface area contributed by atoms with Crippen LogP contribution in [0, 0.1) is 13.8 Å². The Kier molecular flexibility index (Phi) is 4.47. The highest BCUT2D eigenvalue weighted by atomic mass is 15.3. The Morgan fingerprint density at radius 2 is 1.74 bits per heavy atom. The highest BCUT2D eigenvalue weighted by Gasteiger charge is 2.02. The molecule has 0 saturated heterocycles. The Hall–Kier alpha value is -2.95. The van der Waals surface area contributed by atoms with Gasteiger partial charge >= 0.3 is 0 Å². The van der Waals surface area contributed by atoms with Crippen LogP contribution in [-0.4, -0.2) is 15.2 Å². The van der Waals surface area contributed by atoms with Crippen LogP contribution in [0.2, 0.25) is 0 Å². The Balaban J connectivity index is 1.67. The van der Waals surface area contributed by atoms with Crippen LogP contribution in [0.15, 0.2) is 54.7 Å². The van der Waals surface area contributed by atoms with Gasteiger partial charge in [0.15, 0.2) is 5.82 Å². The fraction of sp³-hybridized carbons (Fsp3) is 0.167. The van der Waals surface area contributed by atoms with Gasteiger partial charge in [0.25, 0.3) is 0 Å². The van der Waals surface area contributed by atoms with Crippen molar-refractivity contribution in [2.45, 2.75) is 20.4 Å². The van der Waals surface area contributed by atoms with E-state index in [9.17, 15) is 0 Å². The normalized spacial score (nSPS) is 10.3. The van der Waals surface area contributed by atoms with Gasteiger partial charge in [0.05, 0.1) is 6.20 Å². The molecule has 0 radical (unpaired) electrons. The number of aromatic nitrogens is 3. The van der Waals surface area contributed by atoms with Gasteiger partial charge in [0.1, 0.15) is 0 Å². The molecule has 3 rings (SSSR count).